The van der Waals surface area contributed by atoms with Gasteiger partial charge in [-0.2, -0.15) is 0 Å². The van der Waals surface area contributed by atoms with E-state index in [0.29, 0.717) is 6.54 Å². The fraction of sp³-hybridized carbons (Fsp3) is 0.286. The second-order valence-electron chi connectivity index (χ2n) is 1.95. The van der Waals surface area contributed by atoms with E-state index >= 15 is 0 Å². The van der Waals surface area contributed by atoms with E-state index in [9.17, 15) is 0 Å². The minimum absolute atomic E-state index is 0.464. The summed E-state index contributed by atoms with van der Waals surface area (Å²) in [6.07, 6.45) is 1.61. The standard InChI is InChI=1S/C5H6BrNO.C2H4O2/c6-4-1-5(2-7)8-3-4;1-2(3)4/h1,3H,2,7H2;1H3,(H,3,4). The van der Waals surface area contributed by atoms with Gasteiger partial charge >= 0.3 is 0 Å². The molecule has 0 atom stereocenters. The number of carboxylic acids is 1. The number of halogens is 1. The van der Waals surface area contributed by atoms with E-state index in [1.807, 2.05) is 6.07 Å². The molecule has 4 nitrogen and oxygen atoms in total. The molecule has 5 heteroatoms. The molecule has 0 fully saturated rings. The van der Waals surface area contributed by atoms with E-state index in [4.69, 9.17) is 20.1 Å². The third kappa shape index (κ3) is 5.94. The van der Waals surface area contributed by atoms with Crippen LogP contribution in [0.5, 0.6) is 0 Å². The molecule has 0 radical (unpaired) electrons. The largest absolute Gasteiger partial charge is 0.481 e. The topological polar surface area (TPSA) is 76.5 Å². The van der Waals surface area contributed by atoms with Crippen LogP contribution in [0, 0.1) is 0 Å². The molecule has 0 saturated heterocycles. The number of nitrogens with two attached hydrogens (primary N) is 1. The summed E-state index contributed by atoms with van der Waals surface area (Å²) in [6, 6.07) is 1.85. The Morgan fingerprint density at radius 3 is 2.50 bits per heavy atom. The number of aliphatic carboxylic acids is 1. The van der Waals surface area contributed by atoms with E-state index in [1.165, 1.54) is 0 Å². The Balaban J connectivity index is 0.000000261. The van der Waals surface area contributed by atoms with Gasteiger partial charge in [-0.05, 0) is 22.0 Å². The van der Waals surface area contributed by atoms with E-state index < -0.39 is 5.97 Å². The van der Waals surface area contributed by atoms with Gasteiger partial charge in [-0.15, -0.1) is 0 Å². The van der Waals surface area contributed by atoms with Crippen LogP contribution in [0.15, 0.2) is 21.2 Å². The van der Waals surface area contributed by atoms with Crippen LogP contribution < -0.4 is 5.73 Å². The van der Waals surface area contributed by atoms with Crippen molar-refractivity contribution in [1.82, 2.24) is 0 Å². The van der Waals surface area contributed by atoms with Crippen LogP contribution in [0.1, 0.15) is 12.7 Å². The molecule has 0 aliphatic rings. The summed E-state index contributed by atoms with van der Waals surface area (Å²) >= 11 is 3.22. The van der Waals surface area contributed by atoms with Crippen molar-refractivity contribution in [1.29, 1.82) is 0 Å². The number of carbonyl (C=O) groups is 1. The Hall–Kier alpha value is -0.810. The molecule has 0 spiro atoms. The maximum atomic E-state index is 9.00. The molecule has 0 saturated carbocycles. The van der Waals surface area contributed by atoms with Crippen LogP contribution >= 0.6 is 15.9 Å². The lowest BCUT2D eigenvalue weighted by Crippen LogP contribution is -1.92. The van der Waals surface area contributed by atoms with E-state index in [-0.39, 0.29) is 0 Å². The highest BCUT2D eigenvalue weighted by atomic mass is 79.9. The molecule has 0 aliphatic heterocycles. The second-order valence-corrected chi connectivity index (χ2v) is 2.87. The Morgan fingerprint density at radius 1 is 1.83 bits per heavy atom. The number of hydrogen-bond acceptors (Lipinski definition) is 3. The summed E-state index contributed by atoms with van der Waals surface area (Å²) < 4.78 is 5.88. The number of rotatable bonds is 1. The SMILES string of the molecule is CC(=O)O.NCc1cc(Br)co1. The average molecular weight is 236 g/mol. The van der Waals surface area contributed by atoms with Crippen LogP contribution in [0.3, 0.4) is 0 Å². The van der Waals surface area contributed by atoms with Gasteiger partial charge in [0.15, 0.2) is 0 Å². The Kier molecular flexibility index (Phi) is 5.40. The van der Waals surface area contributed by atoms with E-state index in [2.05, 4.69) is 15.9 Å². The predicted octanol–water partition coefficient (Wildman–Crippen LogP) is 1.59. The van der Waals surface area contributed by atoms with Crippen LogP contribution in [-0.2, 0) is 11.3 Å². The van der Waals surface area contributed by atoms with E-state index in [0.717, 1.165) is 17.2 Å². The van der Waals surface area contributed by atoms with Crippen molar-refractivity contribution in [2.24, 2.45) is 5.73 Å². The number of hydrogen-bond donors (Lipinski definition) is 2. The lowest BCUT2D eigenvalue weighted by atomic mass is 10.5. The first-order valence-corrected chi connectivity index (χ1v) is 3.98. The van der Waals surface area contributed by atoms with Gasteiger partial charge in [0.1, 0.15) is 12.0 Å². The van der Waals surface area contributed by atoms with Crippen molar-refractivity contribution in [3.8, 4) is 0 Å². The molecule has 1 aromatic rings. The zero-order valence-corrected chi connectivity index (χ0v) is 8.17. The molecule has 0 aromatic carbocycles. The van der Waals surface area contributed by atoms with Crippen molar-refractivity contribution in [2.75, 3.05) is 0 Å². The first kappa shape index (κ1) is 11.2. The predicted molar refractivity (Wildman–Crippen MR) is 47.6 cm³/mol. The average Bonchev–Trinajstić information content (AvgIpc) is 2.34. The van der Waals surface area contributed by atoms with Crippen molar-refractivity contribution < 1.29 is 14.3 Å². The minimum Gasteiger partial charge on any atom is -0.481 e. The molecule has 1 aromatic heterocycles. The van der Waals surface area contributed by atoms with Crippen LogP contribution in [-0.4, -0.2) is 11.1 Å². The third-order valence-electron chi connectivity index (χ3n) is 0.823. The van der Waals surface area contributed by atoms with Crippen molar-refractivity contribution in [3.05, 3.63) is 22.6 Å². The van der Waals surface area contributed by atoms with Gasteiger partial charge in [0.05, 0.1) is 11.0 Å². The Morgan fingerprint density at radius 2 is 2.33 bits per heavy atom. The summed E-state index contributed by atoms with van der Waals surface area (Å²) in [4.78, 5) is 9.00. The lowest BCUT2D eigenvalue weighted by Gasteiger charge is -1.80. The molecular formula is C7H10BrNO3. The number of carboxylic acid groups (broad SMARTS) is 1. The third-order valence-corrected chi connectivity index (χ3v) is 1.24. The molecule has 0 aliphatic carbocycles. The quantitative estimate of drug-likeness (QED) is 0.776. The Bertz CT molecular complexity index is 243. The molecule has 12 heavy (non-hydrogen) atoms. The first-order valence-electron chi connectivity index (χ1n) is 3.18. The maximum Gasteiger partial charge on any atom is 0.300 e. The lowest BCUT2D eigenvalue weighted by molar-refractivity contribution is -0.134. The molecule has 0 bridgehead atoms. The van der Waals surface area contributed by atoms with Gasteiger partial charge in [-0.1, -0.05) is 0 Å². The highest BCUT2D eigenvalue weighted by Crippen LogP contribution is 2.12. The van der Waals surface area contributed by atoms with Crippen LogP contribution in [0.4, 0.5) is 0 Å². The van der Waals surface area contributed by atoms with Crippen molar-refractivity contribution in [2.45, 2.75) is 13.5 Å². The summed E-state index contributed by atoms with van der Waals surface area (Å²) in [5.74, 6) is -0.0307. The maximum absolute atomic E-state index is 9.00. The van der Waals surface area contributed by atoms with Gasteiger partial charge < -0.3 is 15.3 Å². The minimum atomic E-state index is -0.833. The van der Waals surface area contributed by atoms with Crippen molar-refractivity contribution >= 4 is 21.9 Å². The van der Waals surface area contributed by atoms with E-state index in [1.54, 1.807) is 6.26 Å². The fourth-order valence-electron chi connectivity index (χ4n) is 0.461. The van der Waals surface area contributed by atoms with Gasteiger partial charge in [-0.25, -0.2) is 0 Å². The monoisotopic (exact) mass is 235 g/mol. The summed E-state index contributed by atoms with van der Waals surface area (Å²) in [7, 11) is 0. The molecule has 68 valence electrons. The van der Waals surface area contributed by atoms with Gasteiger partial charge in [0.25, 0.3) is 5.97 Å². The smallest absolute Gasteiger partial charge is 0.300 e. The summed E-state index contributed by atoms with van der Waals surface area (Å²) in [5, 5.41) is 7.42. The molecule has 0 unspecified atom stereocenters. The first-order chi connectivity index (χ1) is 5.56. The fourth-order valence-corrected chi connectivity index (χ4v) is 0.810. The van der Waals surface area contributed by atoms with Gasteiger partial charge in [0.2, 0.25) is 0 Å². The molecule has 0 amide bonds. The van der Waals surface area contributed by atoms with Crippen molar-refractivity contribution in [3.63, 3.8) is 0 Å². The van der Waals surface area contributed by atoms with Crippen LogP contribution in [0.25, 0.3) is 0 Å². The zero-order chi connectivity index (χ0) is 9.56. The summed E-state index contributed by atoms with van der Waals surface area (Å²) in [5.41, 5.74) is 5.25. The molecule has 1 heterocycles. The molecular weight excluding hydrogens is 226 g/mol. The highest BCUT2D eigenvalue weighted by molar-refractivity contribution is 9.10. The van der Waals surface area contributed by atoms with Gasteiger partial charge in [0, 0.05) is 6.92 Å². The molecule has 1 rings (SSSR count). The Labute approximate surface area is 78.5 Å². The molecule has 3 N–H and O–H groups in total. The normalized spacial score (nSPS) is 8.58. The highest BCUT2D eigenvalue weighted by Gasteiger charge is 1.92. The zero-order valence-electron chi connectivity index (χ0n) is 6.58. The van der Waals surface area contributed by atoms with Gasteiger partial charge in [-0.3, -0.25) is 4.79 Å². The summed E-state index contributed by atoms with van der Waals surface area (Å²) in [6.45, 7) is 1.55. The van der Waals surface area contributed by atoms with Crippen LogP contribution in [0.2, 0.25) is 0 Å². The number of furan rings is 1. The second kappa shape index (κ2) is 5.79.